The number of nitrogens with one attached hydrogen (secondary N) is 1. The molecule has 1 aromatic rings. The van der Waals surface area contributed by atoms with Gasteiger partial charge in [0.2, 0.25) is 0 Å². The summed E-state index contributed by atoms with van der Waals surface area (Å²) in [4.78, 5) is 27.4. The minimum atomic E-state index is -0.541. The third-order valence-corrected chi connectivity index (χ3v) is 4.79. The number of hydrogen-bond acceptors (Lipinski definition) is 6. The summed E-state index contributed by atoms with van der Waals surface area (Å²) in [7, 11) is 1.30. The Bertz CT molecular complexity index is 677. The van der Waals surface area contributed by atoms with Crippen LogP contribution in [0.2, 0.25) is 0 Å². The second kappa shape index (κ2) is 6.34. The molecule has 1 fully saturated rings. The van der Waals surface area contributed by atoms with Gasteiger partial charge in [-0.15, -0.1) is 0 Å². The molecule has 0 saturated carbocycles. The minimum absolute atomic E-state index is 0.219. The lowest BCUT2D eigenvalue weighted by Crippen LogP contribution is -2.37. The molecule has 0 bridgehead atoms. The summed E-state index contributed by atoms with van der Waals surface area (Å²) >= 11 is 0. The molecule has 0 radical (unpaired) electrons. The highest BCUT2D eigenvalue weighted by molar-refractivity contribution is 5.91. The van der Waals surface area contributed by atoms with Crippen LogP contribution in [0.5, 0.6) is 5.75 Å². The van der Waals surface area contributed by atoms with Gasteiger partial charge in [-0.25, -0.2) is 9.59 Å². The van der Waals surface area contributed by atoms with Gasteiger partial charge in [-0.2, -0.15) is 0 Å². The SMILES string of the molecule is COC(=O)NCC1CN(c2cc3c4c(c2)OCCN4CCC3)C(=O)O1. The number of nitrogens with zero attached hydrogens (tertiary/aromatic N) is 2. The molecule has 8 nitrogen and oxygen atoms in total. The number of hydrogen-bond donors (Lipinski definition) is 1. The van der Waals surface area contributed by atoms with E-state index in [9.17, 15) is 9.59 Å². The molecule has 1 aromatic carbocycles. The molecule has 1 saturated heterocycles. The Balaban J connectivity index is 1.54. The average molecular weight is 347 g/mol. The zero-order valence-corrected chi connectivity index (χ0v) is 14.1. The summed E-state index contributed by atoms with van der Waals surface area (Å²) in [5.41, 5.74) is 3.16. The van der Waals surface area contributed by atoms with E-state index in [0.717, 1.165) is 43.1 Å². The van der Waals surface area contributed by atoms with Crippen molar-refractivity contribution in [3.8, 4) is 5.75 Å². The lowest BCUT2D eigenvalue weighted by molar-refractivity contribution is 0.132. The summed E-state index contributed by atoms with van der Waals surface area (Å²) < 4.78 is 15.7. The van der Waals surface area contributed by atoms with Gasteiger partial charge < -0.3 is 24.4 Å². The van der Waals surface area contributed by atoms with Gasteiger partial charge >= 0.3 is 12.2 Å². The van der Waals surface area contributed by atoms with Crippen LogP contribution in [-0.2, 0) is 15.9 Å². The van der Waals surface area contributed by atoms with Crippen LogP contribution in [0.15, 0.2) is 12.1 Å². The normalized spacial score (nSPS) is 21.3. The van der Waals surface area contributed by atoms with E-state index in [2.05, 4.69) is 21.0 Å². The van der Waals surface area contributed by atoms with Crippen molar-refractivity contribution in [1.82, 2.24) is 5.32 Å². The second-order valence-electron chi connectivity index (χ2n) is 6.38. The fourth-order valence-electron chi connectivity index (χ4n) is 3.63. The number of alkyl carbamates (subject to hydrolysis) is 1. The number of methoxy groups -OCH3 is 1. The van der Waals surface area contributed by atoms with Gasteiger partial charge in [0.1, 0.15) is 18.5 Å². The van der Waals surface area contributed by atoms with E-state index >= 15 is 0 Å². The van der Waals surface area contributed by atoms with Gasteiger partial charge in [-0.3, -0.25) is 4.90 Å². The summed E-state index contributed by atoms with van der Waals surface area (Å²) in [6.45, 7) is 3.22. The van der Waals surface area contributed by atoms with Crippen LogP contribution in [0.3, 0.4) is 0 Å². The first kappa shape index (κ1) is 15.9. The minimum Gasteiger partial charge on any atom is -0.489 e. The Morgan fingerprint density at radius 1 is 1.40 bits per heavy atom. The molecule has 8 heteroatoms. The Kier molecular flexibility index (Phi) is 4.03. The maximum atomic E-state index is 12.3. The zero-order valence-electron chi connectivity index (χ0n) is 14.1. The highest BCUT2D eigenvalue weighted by Gasteiger charge is 2.34. The highest BCUT2D eigenvalue weighted by Crippen LogP contribution is 2.42. The molecule has 25 heavy (non-hydrogen) atoms. The van der Waals surface area contributed by atoms with Gasteiger partial charge in [0, 0.05) is 12.6 Å². The fourth-order valence-corrected chi connectivity index (χ4v) is 3.63. The van der Waals surface area contributed by atoms with Crippen LogP contribution in [0.1, 0.15) is 12.0 Å². The molecule has 0 spiro atoms. The van der Waals surface area contributed by atoms with Crippen molar-refractivity contribution < 1.29 is 23.8 Å². The Morgan fingerprint density at radius 3 is 3.12 bits per heavy atom. The van der Waals surface area contributed by atoms with Crippen LogP contribution < -0.4 is 19.9 Å². The number of rotatable bonds is 3. The average Bonchev–Trinajstić information content (AvgIpc) is 3.01. The van der Waals surface area contributed by atoms with Crippen LogP contribution in [0.25, 0.3) is 0 Å². The fraction of sp³-hybridized carbons (Fsp3) is 0.529. The van der Waals surface area contributed by atoms with Crippen molar-refractivity contribution in [2.45, 2.75) is 18.9 Å². The van der Waals surface area contributed by atoms with E-state index in [1.165, 1.54) is 12.7 Å². The standard InChI is InChI=1S/C17H21N3O5/c1-23-16(21)18-9-13-10-20(17(22)25-13)12-7-11-3-2-4-19-5-6-24-14(8-12)15(11)19/h7-8,13H,2-6,9-10H2,1H3,(H,18,21). The number of ether oxygens (including phenoxy) is 3. The number of aryl methyl sites for hydroxylation is 1. The van der Waals surface area contributed by atoms with Crippen molar-refractivity contribution in [3.63, 3.8) is 0 Å². The second-order valence-corrected chi connectivity index (χ2v) is 6.38. The van der Waals surface area contributed by atoms with Crippen LogP contribution in [-0.4, -0.2) is 58.2 Å². The molecule has 3 heterocycles. The zero-order chi connectivity index (χ0) is 17.4. The number of carbonyl (C=O) groups is 2. The van der Waals surface area contributed by atoms with Crippen LogP contribution in [0, 0.1) is 0 Å². The van der Waals surface area contributed by atoms with Crippen molar-refractivity contribution >= 4 is 23.6 Å². The van der Waals surface area contributed by atoms with E-state index in [1.807, 2.05) is 6.07 Å². The van der Waals surface area contributed by atoms with E-state index in [1.54, 1.807) is 4.90 Å². The first-order valence-electron chi connectivity index (χ1n) is 8.50. The van der Waals surface area contributed by atoms with Crippen LogP contribution >= 0.6 is 0 Å². The van der Waals surface area contributed by atoms with Gasteiger partial charge in [-0.05, 0) is 24.5 Å². The molecule has 1 unspecified atom stereocenters. The molecule has 3 aliphatic rings. The highest BCUT2D eigenvalue weighted by atomic mass is 16.6. The Labute approximate surface area is 145 Å². The maximum absolute atomic E-state index is 12.3. The number of amides is 2. The molecule has 2 amide bonds. The van der Waals surface area contributed by atoms with Gasteiger partial charge in [0.15, 0.2) is 0 Å². The van der Waals surface area contributed by atoms with Crippen molar-refractivity contribution in [2.24, 2.45) is 0 Å². The third-order valence-electron chi connectivity index (χ3n) is 4.79. The maximum Gasteiger partial charge on any atom is 0.414 e. The van der Waals surface area contributed by atoms with E-state index in [-0.39, 0.29) is 6.54 Å². The summed E-state index contributed by atoms with van der Waals surface area (Å²) in [5, 5.41) is 2.56. The lowest BCUT2D eigenvalue weighted by atomic mass is 9.99. The van der Waals surface area contributed by atoms with Crippen molar-refractivity contribution in [3.05, 3.63) is 17.7 Å². The molecule has 134 valence electrons. The first-order chi connectivity index (χ1) is 12.2. The summed E-state index contributed by atoms with van der Waals surface area (Å²) in [5.74, 6) is 0.836. The molecular weight excluding hydrogens is 326 g/mol. The van der Waals surface area contributed by atoms with Crippen LogP contribution in [0.4, 0.5) is 21.0 Å². The quantitative estimate of drug-likeness (QED) is 0.893. The molecular formula is C17H21N3O5. The molecule has 0 aromatic heterocycles. The van der Waals surface area contributed by atoms with Gasteiger partial charge in [-0.1, -0.05) is 0 Å². The molecule has 3 aliphatic heterocycles. The number of cyclic esters (lactones) is 1. The Hall–Kier alpha value is -2.64. The van der Waals surface area contributed by atoms with Gasteiger partial charge in [0.25, 0.3) is 0 Å². The smallest absolute Gasteiger partial charge is 0.414 e. The molecule has 4 rings (SSSR count). The largest absolute Gasteiger partial charge is 0.489 e. The Morgan fingerprint density at radius 2 is 2.28 bits per heavy atom. The van der Waals surface area contributed by atoms with E-state index in [0.29, 0.717) is 13.2 Å². The van der Waals surface area contributed by atoms with E-state index in [4.69, 9.17) is 9.47 Å². The third kappa shape index (κ3) is 2.92. The number of anilines is 2. The van der Waals surface area contributed by atoms with Gasteiger partial charge in [0.05, 0.1) is 38.1 Å². The monoisotopic (exact) mass is 347 g/mol. The summed E-state index contributed by atoms with van der Waals surface area (Å²) in [6.07, 6.45) is 0.725. The summed E-state index contributed by atoms with van der Waals surface area (Å²) in [6, 6.07) is 3.96. The number of benzene rings is 1. The predicted molar refractivity (Wildman–Crippen MR) is 90.5 cm³/mol. The number of carbonyl (C=O) groups excluding carboxylic acids is 2. The molecule has 1 atom stereocenters. The lowest BCUT2D eigenvalue weighted by Gasteiger charge is -2.37. The molecule has 1 N–H and O–H groups in total. The first-order valence-corrected chi connectivity index (χ1v) is 8.50. The van der Waals surface area contributed by atoms with Crippen molar-refractivity contribution in [1.29, 1.82) is 0 Å². The van der Waals surface area contributed by atoms with Crippen molar-refractivity contribution in [2.75, 3.05) is 49.7 Å². The molecule has 0 aliphatic carbocycles. The predicted octanol–water partition coefficient (Wildman–Crippen LogP) is 1.51. The topological polar surface area (TPSA) is 80.3 Å². The van der Waals surface area contributed by atoms with E-state index < -0.39 is 18.3 Å².